The van der Waals surface area contributed by atoms with E-state index in [9.17, 15) is 4.79 Å². The van der Waals surface area contributed by atoms with Crippen molar-refractivity contribution < 1.29 is 4.79 Å². The van der Waals surface area contributed by atoms with Gasteiger partial charge in [0.1, 0.15) is 5.82 Å². The van der Waals surface area contributed by atoms with E-state index < -0.39 is 0 Å². The molecule has 4 heteroatoms. The Morgan fingerprint density at radius 1 is 1.22 bits per heavy atom. The van der Waals surface area contributed by atoms with E-state index in [0.717, 1.165) is 43.0 Å². The molecule has 1 amide bonds. The molecule has 0 spiro atoms. The molecule has 0 aromatic carbocycles. The molecule has 1 saturated heterocycles. The highest BCUT2D eigenvalue weighted by Crippen LogP contribution is 2.16. The number of nitrogens with one attached hydrogen (secondary N) is 1. The maximum Gasteiger partial charge on any atom is 0.254 e. The maximum absolute atomic E-state index is 12.4. The summed E-state index contributed by atoms with van der Waals surface area (Å²) < 4.78 is 0. The van der Waals surface area contributed by atoms with Crippen LogP contribution in [0.5, 0.6) is 0 Å². The molecular weight excluding hydrogens is 226 g/mol. The summed E-state index contributed by atoms with van der Waals surface area (Å²) in [4.78, 5) is 18.7. The standard InChI is InChI=1S/C14H21N3O/c1-11-9-12(10-13(15-2)16-11)14(18)17-7-5-3-4-6-8-17/h9-10H,3-8H2,1-2H3,(H,15,16). The molecule has 0 atom stereocenters. The van der Waals surface area contributed by atoms with Crippen LogP contribution < -0.4 is 5.32 Å². The van der Waals surface area contributed by atoms with Crippen molar-refractivity contribution in [1.82, 2.24) is 9.88 Å². The first-order valence-electron chi connectivity index (χ1n) is 6.66. The summed E-state index contributed by atoms with van der Waals surface area (Å²) in [6.07, 6.45) is 4.71. The zero-order valence-electron chi connectivity index (χ0n) is 11.2. The van der Waals surface area contributed by atoms with Crippen LogP contribution in [0.2, 0.25) is 0 Å². The highest BCUT2D eigenvalue weighted by Gasteiger charge is 2.18. The van der Waals surface area contributed by atoms with Gasteiger partial charge in [-0.2, -0.15) is 0 Å². The highest BCUT2D eigenvalue weighted by molar-refractivity contribution is 5.95. The predicted molar refractivity (Wildman–Crippen MR) is 72.9 cm³/mol. The number of hydrogen-bond donors (Lipinski definition) is 1. The largest absolute Gasteiger partial charge is 0.373 e. The van der Waals surface area contributed by atoms with Crippen LogP contribution in [0.3, 0.4) is 0 Å². The summed E-state index contributed by atoms with van der Waals surface area (Å²) in [6.45, 7) is 3.68. The van der Waals surface area contributed by atoms with Gasteiger partial charge in [-0.15, -0.1) is 0 Å². The second-order valence-electron chi connectivity index (χ2n) is 4.84. The van der Waals surface area contributed by atoms with Gasteiger partial charge in [0.05, 0.1) is 0 Å². The molecule has 1 aromatic rings. The Hall–Kier alpha value is -1.58. The van der Waals surface area contributed by atoms with Gasteiger partial charge in [-0.3, -0.25) is 4.79 Å². The Kier molecular flexibility index (Phi) is 4.18. The summed E-state index contributed by atoms with van der Waals surface area (Å²) in [5.41, 5.74) is 1.62. The lowest BCUT2D eigenvalue weighted by Gasteiger charge is -2.20. The van der Waals surface area contributed by atoms with E-state index in [1.165, 1.54) is 12.8 Å². The lowest BCUT2D eigenvalue weighted by molar-refractivity contribution is 0.0761. The minimum Gasteiger partial charge on any atom is -0.373 e. The van der Waals surface area contributed by atoms with Crippen LogP contribution in [-0.2, 0) is 0 Å². The molecule has 0 bridgehead atoms. The molecule has 0 saturated carbocycles. The van der Waals surface area contributed by atoms with Crippen molar-refractivity contribution in [3.8, 4) is 0 Å². The van der Waals surface area contributed by atoms with Crippen LogP contribution in [0.4, 0.5) is 5.82 Å². The summed E-state index contributed by atoms with van der Waals surface area (Å²) >= 11 is 0. The number of amides is 1. The Bertz CT molecular complexity index is 423. The van der Waals surface area contributed by atoms with Crippen molar-refractivity contribution >= 4 is 11.7 Å². The summed E-state index contributed by atoms with van der Waals surface area (Å²) in [5.74, 6) is 0.895. The SMILES string of the molecule is CNc1cc(C(=O)N2CCCCCC2)cc(C)n1. The van der Waals surface area contributed by atoms with Gasteiger partial charge in [-0.25, -0.2) is 4.98 Å². The number of likely N-dealkylation sites (tertiary alicyclic amines) is 1. The van der Waals surface area contributed by atoms with Crippen molar-refractivity contribution in [3.63, 3.8) is 0 Å². The first-order chi connectivity index (χ1) is 8.70. The van der Waals surface area contributed by atoms with Crippen molar-refractivity contribution in [3.05, 3.63) is 23.4 Å². The van der Waals surface area contributed by atoms with Crippen LogP contribution >= 0.6 is 0 Å². The number of carbonyl (C=O) groups excluding carboxylic acids is 1. The van der Waals surface area contributed by atoms with E-state index in [1.54, 1.807) is 0 Å². The number of hydrogen-bond acceptors (Lipinski definition) is 3. The van der Waals surface area contributed by atoms with Gasteiger partial charge >= 0.3 is 0 Å². The van der Waals surface area contributed by atoms with Crippen LogP contribution in [0.15, 0.2) is 12.1 Å². The number of rotatable bonds is 2. The van der Waals surface area contributed by atoms with Crippen molar-refractivity contribution in [1.29, 1.82) is 0 Å². The third-order valence-electron chi connectivity index (χ3n) is 3.35. The molecule has 2 heterocycles. The summed E-state index contributed by atoms with van der Waals surface area (Å²) in [5, 5.41) is 3.00. The Morgan fingerprint density at radius 2 is 1.89 bits per heavy atom. The fourth-order valence-corrected chi connectivity index (χ4v) is 2.38. The monoisotopic (exact) mass is 247 g/mol. The molecular formula is C14H21N3O. The quantitative estimate of drug-likeness (QED) is 0.873. The first kappa shape index (κ1) is 12.9. The van der Waals surface area contributed by atoms with Gasteiger partial charge in [-0.05, 0) is 31.9 Å². The average molecular weight is 247 g/mol. The Labute approximate surface area is 108 Å². The number of aromatic nitrogens is 1. The molecule has 1 aromatic heterocycles. The van der Waals surface area contributed by atoms with Crippen molar-refractivity contribution in [2.45, 2.75) is 32.6 Å². The van der Waals surface area contributed by atoms with E-state index in [-0.39, 0.29) is 5.91 Å². The molecule has 4 nitrogen and oxygen atoms in total. The number of pyridine rings is 1. The van der Waals surface area contributed by atoms with Gasteiger partial charge in [0.15, 0.2) is 0 Å². The summed E-state index contributed by atoms with van der Waals surface area (Å²) in [7, 11) is 1.82. The van der Waals surface area contributed by atoms with Crippen molar-refractivity contribution in [2.24, 2.45) is 0 Å². The van der Waals surface area contributed by atoms with Gasteiger partial charge in [0.2, 0.25) is 0 Å². The molecule has 0 radical (unpaired) electrons. The second-order valence-corrected chi connectivity index (χ2v) is 4.84. The Balaban J connectivity index is 2.18. The van der Waals surface area contributed by atoms with E-state index in [4.69, 9.17) is 0 Å². The van der Waals surface area contributed by atoms with Gasteiger partial charge in [0.25, 0.3) is 5.91 Å². The fraction of sp³-hybridized carbons (Fsp3) is 0.571. The average Bonchev–Trinajstić information content (AvgIpc) is 2.65. The maximum atomic E-state index is 12.4. The molecule has 1 aliphatic rings. The minimum atomic E-state index is 0.138. The smallest absolute Gasteiger partial charge is 0.254 e. The van der Waals surface area contributed by atoms with E-state index in [2.05, 4.69) is 10.3 Å². The highest BCUT2D eigenvalue weighted by atomic mass is 16.2. The second kappa shape index (κ2) is 5.85. The molecule has 0 aliphatic carbocycles. The normalized spacial score (nSPS) is 16.2. The van der Waals surface area contributed by atoms with E-state index >= 15 is 0 Å². The number of nitrogens with zero attached hydrogens (tertiary/aromatic N) is 2. The number of aryl methyl sites for hydroxylation is 1. The fourth-order valence-electron chi connectivity index (χ4n) is 2.38. The predicted octanol–water partition coefficient (Wildman–Crippen LogP) is 2.45. The topological polar surface area (TPSA) is 45.2 Å². The Morgan fingerprint density at radius 3 is 2.50 bits per heavy atom. The first-order valence-corrected chi connectivity index (χ1v) is 6.66. The number of anilines is 1. The lowest BCUT2D eigenvalue weighted by Crippen LogP contribution is -2.32. The number of carbonyl (C=O) groups is 1. The van der Waals surface area contributed by atoms with Gasteiger partial charge < -0.3 is 10.2 Å². The molecule has 18 heavy (non-hydrogen) atoms. The molecule has 1 N–H and O–H groups in total. The molecule has 0 unspecified atom stereocenters. The lowest BCUT2D eigenvalue weighted by atomic mass is 10.2. The van der Waals surface area contributed by atoms with Crippen LogP contribution in [0.25, 0.3) is 0 Å². The molecule has 1 aliphatic heterocycles. The minimum absolute atomic E-state index is 0.138. The zero-order valence-corrected chi connectivity index (χ0v) is 11.2. The van der Waals surface area contributed by atoms with Crippen LogP contribution in [0, 0.1) is 6.92 Å². The third kappa shape index (κ3) is 3.00. The zero-order chi connectivity index (χ0) is 13.0. The van der Waals surface area contributed by atoms with E-state index in [1.807, 2.05) is 31.0 Å². The van der Waals surface area contributed by atoms with E-state index in [0.29, 0.717) is 0 Å². The van der Waals surface area contributed by atoms with Crippen LogP contribution in [-0.4, -0.2) is 35.9 Å². The third-order valence-corrected chi connectivity index (χ3v) is 3.35. The molecule has 2 rings (SSSR count). The van der Waals surface area contributed by atoms with Crippen LogP contribution in [0.1, 0.15) is 41.7 Å². The molecule has 1 fully saturated rings. The molecule has 98 valence electrons. The van der Waals surface area contributed by atoms with Gasteiger partial charge in [0, 0.05) is 31.4 Å². The van der Waals surface area contributed by atoms with Crippen molar-refractivity contribution in [2.75, 3.05) is 25.5 Å². The summed E-state index contributed by atoms with van der Waals surface area (Å²) in [6, 6.07) is 3.70. The van der Waals surface area contributed by atoms with Gasteiger partial charge in [-0.1, -0.05) is 12.8 Å².